The van der Waals surface area contributed by atoms with Gasteiger partial charge in [-0.25, -0.2) is 0 Å². The van der Waals surface area contributed by atoms with Gasteiger partial charge >= 0.3 is 0 Å². The van der Waals surface area contributed by atoms with Gasteiger partial charge in [0.2, 0.25) is 0 Å². The van der Waals surface area contributed by atoms with E-state index in [0.717, 1.165) is 24.9 Å². The van der Waals surface area contributed by atoms with Crippen molar-refractivity contribution in [3.63, 3.8) is 0 Å². The standard InChI is InChI=1S/C10H17N/c1-3-7-11-8-10-6-4-5-9(10)2/h1,9-11H,4-8H2,2H3. The molecule has 1 fully saturated rings. The van der Waals surface area contributed by atoms with Crippen LogP contribution >= 0.6 is 0 Å². The highest BCUT2D eigenvalue weighted by Crippen LogP contribution is 2.30. The monoisotopic (exact) mass is 151 g/mol. The van der Waals surface area contributed by atoms with Gasteiger partial charge in [-0.2, -0.15) is 0 Å². The van der Waals surface area contributed by atoms with E-state index in [9.17, 15) is 0 Å². The zero-order chi connectivity index (χ0) is 8.10. The maximum absolute atomic E-state index is 5.14. The molecular weight excluding hydrogens is 134 g/mol. The van der Waals surface area contributed by atoms with Crippen molar-refractivity contribution in [1.82, 2.24) is 5.32 Å². The number of hydrogen-bond acceptors (Lipinski definition) is 1. The van der Waals surface area contributed by atoms with Crippen LogP contribution in [0.1, 0.15) is 26.2 Å². The molecule has 0 aromatic heterocycles. The first-order valence-electron chi connectivity index (χ1n) is 4.48. The molecule has 0 saturated heterocycles. The lowest BCUT2D eigenvalue weighted by atomic mass is 9.98. The van der Waals surface area contributed by atoms with Gasteiger partial charge < -0.3 is 5.32 Å². The summed E-state index contributed by atoms with van der Waals surface area (Å²) in [5.41, 5.74) is 0. The first-order chi connectivity index (χ1) is 5.34. The molecule has 0 aliphatic heterocycles. The van der Waals surface area contributed by atoms with Crippen molar-refractivity contribution in [1.29, 1.82) is 0 Å². The lowest BCUT2D eigenvalue weighted by Crippen LogP contribution is -2.24. The predicted molar refractivity (Wildman–Crippen MR) is 48.2 cm³/mol. The molecule has 1 aliphatic carbocycles. The van der Waals surface area contributed by atoms with Gasteiger partial charge in [0.1, 0.15) is 0 Å². The van der Waals surface area contributed by atoms with Crippen molar-refractivity contribution in [2.24, 2.45) is 11.8 Å². The van der Waals surface area contributed by atoms with E-state index in [1.54, 1.807) is 0 Å². The van der Waals surface area contributed by atoms with Crippen LogP contribution in [-0.2, 0) is 0 Å². The molecule has 11 heavy (non-hydrogen) atoms. The zero-order valence-electron chi connectivity index (χ0n) is 7.27. The highest BCUT2D eigenvalue weighted by Gasteiger charge is 2.22. The first kappa shape index (κ1) is 8.62. The molecule has 0 heterocycles. The van der Waals surface area contributed by atoms with Crippen LogP contribution in [0, 0.1) is 24.2 Å². The Morgan fingerprint density at radius 3 is 2.91 bits per heavy atom. The van der Waals surface area contributed by atoms with Gasteiger partial charge in [0.25, 0.3) is 0 Å². The molecule has 0 bridgehead atoms. The smallest absolute Gasteiger partial charge is 0.0573 e. The molecule has 1 rings (SSSR count). The van der Waals surface area contributed by atoms with Gasteiger partial charge in [0.15, 0.2) is 0 Å². The number of hydrogen-bond donors (Lipinski definition) is 1. The zero-order valence-corrected chi connectivity index (χ0v) is 7.27. The topological polar surface area (TPSA) is 12.0 Å². The van der Waals surface area contributed by atoms with E-state index >= 15 is 0 Å². The minimum Gasteiger partial charge on any atom is -0.306 e. The minimum absolute atomic E-state index is 0.725. The van der Waals surface area contributed by atoms with E-state index in [1.807, 2.05) is 0 Å². The fourth-order valence-corrected chi connectivity index (χ4v) is 1.86. The molecule has 1 aliphatic rings. The fourth-order valence-electron chi connectivity index (χ4n) is 1.86. The summed E-state index contributed by atoms with van der Waals surface area (Å²) in [6.07, 6.45) is 9.33. The Morgan fingerprint density at radius 1 is 1.55 bits per heavy atom. The van der Waals surface area contributed by atoms with E-state index in [1.165, 1.54) is 19.3 Å². The van der Waals surface area contributed by atoms with Crippen molar-refractivity contribution in [2.45, 2.75) is 26.2 Å². The van der Waals surface area contributed by atoms with Crippen molar-refractivity contribution in [3.05, 3.63) is 0 Å². The third-order valence-electron chi connectivity index (χ3n) is 2.67. The molecule has 0 amide bonds. The first-order valence-corrected chi connectivity index (χ1v) is 4.48. The Bertz CT molecular complexity index is 145. The molecule has 0 radical (unpaired) electrons. The normalized spacial score (nSPS) is 30.2. The van der Waals surface area contributed by atoms with Crippen molar-refractivity contribution >= 4 is 0 Å². The summed E-state index contributed by atoms with van der Waals surface area (Å²) in [6, 6.07) is 0. The van der Waals surface area contributed by atoms with Gasteiger partial charge in [0.05, 0.1) is 6.54 Å². The Hall–Kier alpha value is -0.480. The van der Waals surface area contributed by atoms with Gasteiger partial charge in [-0.1, -0.05) is 25.7 Å². The highest BCUT2D eigenvalue weighted by molar-refractivity contribution is 4.87. The number of nitrogens with one attached hydrogen (secondary N) is 1. The molecular formula is C10H17N. The lowest BCUT2D eigenvalue weighted by molar-refractivity contribution is 0.400. The molecule has 0 aromatic carbocycles. The second-order valence-corrected chi connectivity index (χ2v) is 3.50. The molecule has 1 heteroatoms. The second kappa shape index (κ2) is 4.41. The van der Waals surface area contributed by atoms with Crippen molar-refractivity contribution in [3.8, 4) is 12.3 Å². The van der Waals surface area contributed by atoms with Crippen LogP contribution in [0.25, 0.3) is 0 Å². The molecule has 2 atom stereocenters. The van der Waals surface area contributed by atoms with Crippen LogP contribution in [0.3, 0.4) is 0 Å². The summed E-state index contributed by atoms with van der Waals surface area (Å²) in [5, 5.41) is 3.27. The summed E-state index contributed by atoms with van der Waals surface area (Å²) in [4.78, 5) is 0. The molecule has 0 spiro atoms. The average Bonchev–Trinajstić information content (AvgIpc) is 2.37. The Morgan fingerprint density at radius 2 is 2.36 bits per heavy atom. The minimum atomic E-state index is 0.725. The van der Waals surface area contributed by atoms with Gasteiger partial charge in [-0.05, 0) is 24.8 Å². The van der Waals surface area contributed by atoms with Crippen LogP contribution in [0.2, 0.25) is 0 Å². The van der Waals surface area contributed by atoms with E-state index in [0.29, 0.717) is 0 Å². The fraction of sp³-hybridized carbons (Fsp3) is 0.800. The molecule has 1 saturated carbocycles. The summed E-state index contributed by atoms with van der Waals surface area (Å²) in [6.45, 7) is 4.18. The molecule has 0 aromatic rings. The summed E-state index contributed by atoms with van der Waals surface area (Å²) < 4.78 is 0. The summed E-state index contributed by atoms with van der Waals surface area (Å²) in [5.74, 6) is 4.38. The predicted octanol–water partition coefficient (Wildman–Crippen LogP) is 1.65. The Balaban J connectivity index is 2.11. The van der Waals surface area contributed by atoms with Crippen LogP contribution < -0.4 is 5.32 Å². The van der Waals surface area contributed by atoms with Crippen molar-refractivity contribution < 1.29 is 0 Å². The average molecular weight is 151 g/mol. The van der Waals surface area contributed by atoms with Gasteiger partial charge in [-0.3, -0.25) is 0 Å². The SMILES string of the molecule is C#CCNCC1CCCC1C. The maximum Gasteiger partial charge on any atom is 0.0573 e. The van der Waals surface area contributed by atoms with Crippen LogP contribution in [0.4, 0.5) is 0 Å². The second-order valence-electron chi connectivity index (χ2n) is 3.50. The molecule has 62 valence electrons. The largest absolute Gasteiger partial charge is 0.306 e. The Kier molecular flexibility index (Phi) is 3.45. The van der Waals surface area contributed by atoms with Crippen LogP contribution in [-0.4, -0.2) is 13.1 Å². The van der Waals surface area contributed by atoms with Crippen LogP contribution in [0.15, 0.2) is 0 Å². The number of rotatable bonds is 3. The van der Waals surface area contributed by atoms with E-state index in [2.05, 4.69) is 18.2 Å². The van der Waals surface area contributed by atoms with Crippen molar-refractivity contribution in [2.75, 3.05) is 13.1 Å². The van der Waals surface area contributed by atoms with E-state index < -0.39 is 0 Å². The maximum atomic E-state index is 5.14. The highest BCUT2D eigenvalue weighted by atomic mass is 14.8. The van der Waals surface area contributed by atoms with Gasteiger partial charge in [-0.15, -0.1) is 6.42 Å². The molecule has 1 nitrogen and oxygen atoms in total. The lowest BCUT2D eigenvalue weighted by Gasteiger charge is -2.14. The van der Waals surface area contributed by atoms with Crippen LogP contribution in [0.5, 0.6) is 0 Å². The van der Waals surface area contributed by atoms with E-state index in [-0.39, 0.29) is 0 Å². The Labute approximate surface area is 69.6 Å². The third kappa shape index (κ3) is 2.55. The van der Waals surface area contributed by atoms with E-state index in [4.69, 9.17) is 6.42 Å². The van der Waals surface area contributed by atoms with Gasteiger partial charge in [0, 0.05) is 0 Å². The molecule has 1 N–H and O–H groups in total. The third-order valence-corrected chi connectivity index (χ3v) is 2.67. The summed E-state index contributed by atoms with van der Waals surface area (Å²) >= 11 is 0. The molecule has 2 unspecified atom stereocenters. The summed E-state index contributed by atoms with van der Waals surface area (Å²) in [7, 11) is 0. The number of terminal acetylenes is 1. The quantitative estimate of drug-likeness (QED) is 0.477.